The monoisotopic (exact) mass is 410 g/mol. The zero-order valence-corrected chi connectivity index (χ0v) is 15.7. The summed E-state index contributed by atoms with van der Waals surface area (Å²) in [7, 11) is -5.61. The molecule has 4 bridgehead atoms. The molecular weight excluding hydrogens is 386 g/mol. The van der Waals surface area contributed by atoms with Crippen molar-refractivity contribution in [3.63, 3.8) is 0 Å². The van der Waals surface area contributed by atoms with Crippen LogP contribution < -0.4 is 0 Å². The topological polar surface area (TPSA) is 102 Å². The van der Waals surface area contributed by atoms with E-state index in [1.165, 1.54) is 0 Å². The van der Waals surface area contributed by atoms with Gasteiger partial charge in [-0.25, -0.2) is 0 Å². The standard InChI is InChI=1S/C17H24F2O7S/c18-17(19,27(21,22)23)10-25-14(20)6-15-2-11-1-12(3-15)5-16(4-11,9-15)26-8-13-7-24-13/h11-13H,1-10H2,(H,21,22,23). The van der Waals surface area contributed by atoms with Crippen molar-refractivity contribution in [1.82, 2.24) is 0 Å². The molecule has 0 aromatic rings. The largest absolute Gasteiger partial charge is 0.458 e. The number of halogens is 2. The summed E-state index contributed by atoms with van der Waals surface area (Å²) in [5.41, 5.74) is -0.631. The Morgan fingerprint density at radius 2 is 1.85 bits per heavy atom. The lowest BCUT2D eigenvalue weighted by molar-refractivity contribution is -0.200. The third kappa shape index (κ3) is 3.99. The molecule has 5 fully saturated rings. The van der Waals surface area contributed by atoms with Crippen LogP contribution in [0, 0.1) is 17.3 Å². The van der Waals surface area contributed by atoms with Gasteiger partial charge in [0.1, 0.15) is 6.10 Å². The number of alkyl halides is 2. The van der Waals surface area contributed by atoms with Gasteiger partial charge in [-0.15, -0.1) is 0 Å². The summed E-state index contributed by atoms with van der Waals surface area (Å²) in [6.07, 6.45) is 5.47. The van der Waals surface area contributed by atoms with Crippen molar-refractivity contribution in [3.05, 3.63) is 0 Å². The minimum atomic E-state index is -5.61. The Balaban J connectivity index is 1.40. The van der Waals surface area contributed by atoms with Crippen LogP contribution in [-0.2, 0) is 29.1 Å². The first-order chi connectivity index (χ1) is 12.5. The van der Waals surface area contributed by atoms with E-state index in [2.05, 4.69) is 4.74 Å². The van der Waals surface area contributed by atoms with Gasteiger partial charge in [0.25, 0.3) is 0 Å². The molecule has 154 valence electrons. The number of hydrogen-bond acceptors (Lipinski definition) is 6. The quantitative estimate of drug-likeness (QED) is 0.372. The van der Waals surface area contributed by atoms with Gasteiger partial charge in [-0.3, -0.25) is 9.35 Å². The van der Waals surface area contributed by atoms with E-state index in [9.17, 15) is 22.0 Å². The van der Waals surface area contributed by atoms with Crippen LogP contribution in [0.3, 0.4) is 0 Å². The average Bonchev–Trinajstić information content (AvgIpc) is 3.32. The molecule has 1 N–H and O–H groups in total. The van der Waals surface area contributed by atoms with Crippen LogP contribution in [0.25, 0.3) is 0 Å². The average molecular weight is 410 g/mol. The maximum absolute atomic E-state index is 13.3. The third-order valence-electron chi connectivity index (χ3n) is 6.40. The second-order valence-electron chi connectivity index (χ2n) is 8.86. The summed E-state index contributed by atoms with van der Waals surface area (Å²) in [6, 6.07) is 0. The van der Waals surface area contributed by atoms with E-state index in [0.29, 0.717) is 31.5 Å². The summed E-state index contributed by atoms with van der Waals surface area (Å²) in [5, 5.41) is -4.50. The van der Waals surface area contributed by atoms with Gasteiger partial charge in [0.05, 0.1) is 25.2 Å². The number of ether oxygens (including phenoxy) is 3. The third-order valence-corrected chi connectivity index (χ3v) is 7.28. The Hall–Kier alpha value is -0.840. The highest BCUT2D eigenvalue weighted by atomic mass is 32.2. The number of carbonyl (C=O) groups is 1. The van der Waals surface area contributed by atoms with Crippen molar-refractivity contribution < 1.29 is 40.8 Å². The number of esters is 1. The molecule has 0 radical (unpaired) electrons. The molecule has 0 aromatic heterocycles. The lowest BCUT2D eigenvalue weighted by Gasteiger charge is -2.61. The van der Waals surface area contributed by atoms with Gasteiger partial charge in [0, 0.05) is 0 Å². The van der Waals surface area contributed by atoms with Gasteiger partial charge in [0.15, 0.2) is 6.61 Å². The summed E-state index contributed by atoms with van der Waals surface area (Å²) >= 11 is 0. The highest BCUT2D eigenvalue weighted by Crippen LogP contribution is 2.64. The zero-order chi connectivity index (χ0) is 19.5. The van der Waals surface area contributed by atoms with E-state index in [-0.39, 0.29) is 23.5 Å². The first-order valence-corrected chi connectivity index (χ1v) is 10.7. The molecule has 1 aliphatic heterocycles. The Bertz CT molecular complexity index is 705. The first-order valence-electron chi connectivity index (χ1n) is 9.26. The molecule has 4 aliphatic carbocycles. The van der Waals surface area contributed by atoms with Crippen molar-refractivity contribution in [2.24, 2.45) is 17.3 Å². The molecule has 3 unspecified atom stereocenters. The minimum Gasteiger partial charge on any atom is -0.458 e. The molecule has 0 spiro atoms. The fourth-order valence-corrected chi connectivity index (χ4v) is 5.98. The molecule has 0 aromatic carbocycles. The minimum absolute atomic E-state index is 0.0351. The van der Waals surface area contributed by atoms with Crippen LogP contribution in [0.5, 0.6) is 0 Å². The van der Waals surface area contributed by atoms with Crippen molar-refractivity contribution in [2.75, 3.05) is 19.8 Å². The van der Waals surface area contributed by atoms with Crippen LogP contribution >= 0.6 is 0 Å². The second-order valence-corrected chi connectivity index (χ2v) is 10.4. The van der Waals surface area contributed by atoms with Crippen molar-refractivity contribution in [1.29, 1.82) is 0 Å². The van der Waals surface area contributed by atoms with Crippen LogP contribution in [0.15, 0.2) is 0 Å². The molecule has 5 rings (SSSR count). The van der Waals surface area contributed by atoms with Gasteiger partial charge >= 0.3 is 21.3 Å². The molecule has 7 nitrogen and oxygen atoms in total. The molecule has 0 amide bonds. The maximum Gasteiger partial charge on any atom is 0.402 e. The summed E-state index contributed by atoms with van der Waals surface area (Å²) in [5.74, 6) is 0.0258. The summed E-state index contributed by atoms with van der Waals surface area (Å²) in [4.78, 5) is 12.2. The lowest BCUT2D eigenvalue weighted by Crippen LogP contribution is -2.57. The van der Waals surface area contributed by atoms with Crippen molar-refractivity contribution in [3.8, 4) is 0 Å². The highest BCUT2D eigenvalue weighted by molar-refractivity contribution is 7.86. The van der Waals surface area contributed by atoms with Gasteiger partial charge in [-0.2, -0.15) is 17.2 Å². The van der Waals surface area contributed by atoms with Crippen LogP contribution in [0.1, 0.15) is 44.9 Å². The van der Waals surface area contributed by atoms with E-state index >= 15 is 0 Å². The predicted octanol–water partition coefficient (Wildman–Crippen LogP) is 2.15. The molecule has 5 aliphatic rings. The van der Waals surface area contributed by atoms with Gasteiger partial charge < -0.3 is 14.2 Å². The highest BCUT2D eigenvalue weighted by Gasteiger charge is 2.59. The number of hydrogen-bond donors (Lipinski definition) is 1. The van der Waals surface area contributed by atoms with Gasteiger partial charge in [0.2, 0.25) is 0 Å². The normalized spacial score (nSPS) is 40.2. The Morgan fingerprint density at radius 1 is 1.22 bits per heavy atom. The fourth-order valence-electron chi connectivity index (χ4n) is 5.77. The van der Waals surface area contributed by atoms with Crippen LogP contribution in [-0.4, -0.2) is 55.7 Å². The van der Waals surface area contributed by atoms with Gasteiger partial charge in [-0.1, -0.05) is 0 Å². The van der Waals surface area contributed by atoms with Crippen LogP contribution in [0.2, 0.25) is 0 Å². The molecule has 1 saturated heterocycles. The summed E-state index contributed by atoms with van der Waals surface area (Å²) in [6.45, 7) is -0.419. The van der Waals surface area contributed by atoms with E-state index in [4.69, 9.17) is 14.0 Å². The smallest absolute Gasteiger partial charge is 0.402 e. The number of carbonyl (C=O) groups excluding carboxylic acids is 1. The Labute approximate surface area is 156 Å². The molecule has 3 atom stereocenters. The van der Waals surface area contributed by atoms with E-state index in [1.807, 2.05) is 0 Å². The zero-order valence-electron chi connectivity index (χ0n) is 14.9. The Morgan fingerprint density at radius 3 is 2.41 bits per heavy atom. The van der Waals surface area contributed by atoms with E-state index in [0.717, 1.165) is 32.1 Å². The van der Waals surface area contributed by atoms with Crippen LogP contribution in [0.4, 0.5) is 8.78 Å². The SMILES string of the molecule is O=C(CC12CC3CC(C1)CC(OCC1CO1)(C3)C2)OCC(F)(F)S(=O)(=O)O. The predicted molar refractivity (Wildman–Crippen MR) is 87.6 cm³/mol. The van der Waals surface area contributed by atoms with Crippen molar-refractivity contribution in [2.45, 2.75) is 61.9 Å². The van der Waals surface area contributed by atoms with Gasteiger partial charge in [-0.05, 0) is 55.8 Å². The van der Waals surface area contributed by atoms with Crippen molar-refractivity contribution >= 4 is 16.1 Å². The Kier molecular flexibility index (Phi) is 4.57. The van der Waals surface area contributed by atoms with E-state index < -0.39 is 27.9 Å². The molecule has 10 heteroatoms. The molecule has 4 saturated carbocycles. The number of rotatable bonds is 8. The molecule has 1 heterocycles. The lowest BCUT2D eigenvalue weighted by atomic mass is 9.47. The molecular formula is C17H24F2O7S. The summed E-state index contributed by atoms with van der Waals surface area (Å²) < 4.78 is 72.3. The first kappa shape index (κ1) is 19.5. The maximum atomic E-state index is 13.3. The fraction of sp³-hybridized carbons (Fsp3) is 0.941. The van der Waals surface area contributed by atoms with E-state index in [1.54, 1.807) is 0 Å². The number of epoxide rings is 1. The second kappa shape index (κ2) is 6.33. The molecule has 27 heavy (non-hydrogen) atoms.